The van der Waals surface area contributed by atoms with E-state index in [1.54, 1.807) is 18.2 Å². The Hall–Kier alpha value is -1.80. The van der Waals surface area contributed by atoms with Crippen molar-refractivity contribution in [1.82, 2.24) is 10.2 Å². The monoisotopic (exact) mass is 403 g/mol. The van der Waals surface area contributed by atoms with E-state index in [1.807, 2.05) is 0 Å². The highest BCUT2D eigenvalue weighted by molar-refractivity contribution is 7.20. The number of nitrogens with one attached hydrogen (secondary N) is 1. The molecule has 0 bridgehead atoms. The minimum atomic E-state index is -0.501. The van der Waals surface area contributed by atoms with Crippen molar-refractivity contribution in [3.8, 4) is 17.2 Å². The second-order valence-corrected chi connectivity index (χ2v) is 7.17. The van der Waals surface area contributed by atoms with Crippen molar-refractivity contribution in [2.75, 3.05) is 12.4 Å². The van der Waals surface area contributed by atoms with Gasteiger partial charge < -0.3 is 9.15 Å². The maximum Gasteiger partial charge on any atom is 0.322 e. The van der Waals surface area contributed by atoms with Gasteiger partial charge in [0.15, 0.2) is 0 Å². The largest absolute Gasteiger partial charge is 0.496 e. The normalized spacial score (nSPS) is 10.7. The predicted molar refractivity (Wildman–Crippen MR) is 93.6 cm³/mol. The molecule has 10 heteroatoms. The molecule has 0 spiro atoms. The average molecular weight is 405 g/mol. The van der Waals surface area contributed by atoms with Crippen molar-refractivity contribution in [2.24, 2.45) is 0 Å². The van der Waals surface area contributed by atoms with E-state index >= 15 is 0 Å². The third kappa shape index (κ3) is 3.49. The van der Waals surface area contributed by atoms with E-state index in [4.69, 9.17) is 44.0 Å². The van der Waals surface area contributed by atoms with Gasteiger partial charge in [-0.25, -0.2) is 0 Å². The predicted octanol–water partition coefficient (Wildman–Crippen LogP) is 5.02. The summed E-state index contributed by atoms with van der Waals surface area (Å²) in [4.78, 5) is 12.3. The highest BCUT2D eigenvalue weighted by atomic mass is 35.5. The molecule has 0 aliphatic heterocycles. The van der Waals surface area contributed by atoms with E-state index in [2.05, 4.69) is 15.5 Å². The molecule has 1 N–H and O–H groups in total. The first-order chi connectivity index (χ1) is 11.5. The second kappa shape index (κ2) is 6.98. The van der Waals surface area contributed by atoms with Gasteiger partial charge in [-0.1, -0.05) is 39.9 Å². The van der Waals surface area contributed by atoms with Gasteiger partial charge in [0.1, 0.15) is 10.1 Å². The molecule has 0 atom stereocenters. The third-order valence-electron chi connectivity index (χ3n) is 2.94. The first kappa shape index (κ1) is 17.0. The van der Waals surface area contributed by atoms with Crippen LogP contribution in [0.2, 0.25) is 13.7 Å². The van der Waals surface area contributed by atoms with Gasteiger partial charge in [0, 0.05) is 5.02 Å². The van der Waals surface area contributed by atoms with Crippen molar-refractivity contribution in [3.05, 3.63) is 43.5 Å². The van der Waals surface area contributed by atoms with Gasteiger partial charge in [0.05, 0.1) is 22.6 Å². The van der Waals surface area contributed by atoms with Crippen LogP contribution in [0.4, 0.5) is 6.01 Å². The molecule has 2 aromatic heterocycles. The van der Waals surface area contributed by atoms with Crippen molar-refractivity contribution >= 4 is 58.1 Å². The molecule has 6 nitrogen and oxygen atoms in total. The summed E-state index contributed by atoms with van der Waals surface area (Å²) in [7, 11) is 1.45. The Morgan fingerprint density at radius 3 is 2.71 bits per heavy atom. The number of aromatic nitrogens is 2. The molecule has 24 heavy (non-hydrogen) atoms. The Morgan fingerprint density at radius 2 is 2.04 bits per heavy atom. The van der Waals surface area contributed by atoms with Crippen molar-refractivity contribution in [1.29, 1.82) is 0 Å². The lowest BCUT2D eigenvalue weighted by molar-refractivity contribution is 0.102. The lowest BCUT2D eigenvalue weighted by Gasteiger charge is -2.07. The molecule has 3 aromatic rings. The molecule has 3 rings (SSSR count). The molecule has 124 valence electrons. The summed E-state index contributed by atoms with van der Waals surface area (Å²) < 4.78 is 11.4. The summed E-state index contributed by atoms with van der Waals surface area (Å²) in [5.41, 5.74) is 0.737. The molecular formula is C14H8Cl3N3O3S. The molecular weight excluding hydrogens is 397 g/mol. The minimum absolute atomic E-state index is 0.0876. The number of hydrogen-bond acceptors (Lipinski definition) is 6. The molecule has 0 fully saturated rings. The molecule has 0 radical (unpaired) electrons. The van der Waals surface area contributed by atoms with Crippen LogP contribution in [0.5, 0.6) is 5.75 Å². The van der Waals surface area contributed by atoms with Crippen LogP contribution in [-0.2, 0) is 0 Å². The third-order valence-corrected chi connectivity index (χ3v) is 4.66. The summed E-state index contributed by atoms with van der Waals surface area (Å²) in [6, 6.07) is 6.19. The Labute approximate surface area is 155 Å². The molecule has 0 saturated heterocycles. The Balaban J connectivity index is 1.84. The topological polar surface area (TPSA) is 77.2 Å². The second-order valence-electron chi connectivity index (χ2n) is 4.45. The first-order valence-electron chi connectivity index (χ1n) is 6.41. The average Bonchev–Trinajstić information content (AvgIpc) is 3.13. The Kier molecular flexibility index (Phi) is 4.96. The summed E-state index contributed by atoms with van der Waals surface area (Å²) in [5, 5.41) is 10.5. The Morgan fingerprint density at radius 1 is 1.25 bits per heavy atom. The summed E-state index contributed by atoms with van der Waals surface area (Å²) in [6.45, 7) is 0. The van der Waals surface area contributed by atoms with Crippen LogP contribution < -0.4 is 10.1 Å². The van der Waals surface area contributed by atoms with Crippen LogP contribution in [0.15, 0.2) is 28.7 Å². The zero-order chi connectivity index (χ0) is 17.3. The van der Waals surface area contributed by atoms with Gasteiger partial charge in [-0.2, -0.15) is 0 Å². The molecule has 0 unspecified atom stereocenters. The van der Waals surface area contributed by atoms with Crippen LogP contribution in [-0.4, -0.2) is 23.2 Å². The number of nitrogens with zero attached hydrogens (tertiary/aromatic N) is 2. The van der Waals surface area contributed by atoms with E-state index < -0.39 is 5.91 Å². The highest BCUT2D eigenvalue weighted by Gasteiger charge is 2.19. The Bertz CT molecular complexity index is 910. The van der Waals surface area contributed by atoms with Crippen LogP contribution in [0.25, 0.3) is 11.5 Å². The summed E-state index contributed by atoms with van der Waals surface area (Å²) in [5.74, 6) is 0.0137. The van der Waals surface area contributed by atoms with Crippen molar-refractivity contribution < 1.29 is 13.9 Å². The van der Waals surface area contributed by atoms with Crippen LogP contribution in [0.1, 0.15) is 10.4 Å². The fourth-order valence-electron chi connectivity index (χ4n) is 1.89. The van der Waals surface area contributed by atoms with Crippen LogP contribution >= 0.6 is 46.1 Å². The quantitative estimate of drug-likeness (QED) is 0.660. The fraction of sp³-hybridized carbons (Fsp3) is 0.0714. The number of rotatable bonds is 4. The number of halogens is 3. The smallest absolute Gasteiger partial charge is 0.322 e. The minimum Gasteiger partial charge on any atom is -0.496 e. The zero-order valence-corrected chi connectivity index (χ0v) is 15.1. The number of anilines is 1. The van der Waals surface area contributed by atoms with Gasteiger partial charge in [0.2, 0.25) is 0 Å². The van der Waals surface area contributed by atoms with Crippen LogP contribution in [0, 0.1) is 0 Å². The molecule has 2 heterocycles. The maximum atomic E-state index is 12.3. The number of ether oxygens (including phenoxy) is 1. The van der Waals surface area contributed by atoms with Gasteiger partial charge in [-0.15, -0.1) is 16.4 Å². The lowest BCUT2D eigenvalue weighted by atomic mass is 10.2. The zero-order valence-electron chi connectivity index (χ0n) is 12.0. The van der Waals surface area contributed by atoms with E-state index in [1.165, 1.54) is 24.5 Å². The number of methoxy groups -OCH3 is 1. The molecule has 1 aromatic carbocycles. The number of carbonyl (C=O) groups is 1. The van der Waals surface area contributed by atoms with E-state index in [0.29, 0.717) is 25.0 Å². The van der Waals surface area contributed by atoms with E-state index in [-0.39, 0.29) is 17.5 Å². The number of thiophene rings is 1. The van der Waals surface area contributed by atoms with E-state index in [0.717, 1.165) is 0 Å². The number of carbonyl (C=O) groups excluding carboxylic acids is 1. The number of benzene rings is 1. The number of hydrogen-bond donors (Lipinski definition) is 1. The van der Waals surface area contributed by atoms with Gasteiger partial charge in [-0.05, 0) is 24.3 Å². The molecule has 0 aliphatic carbocycles. The van der Waals surface area contributed by atoms with Crippen LogP contribution in [0.3, 0.4) is 0 Å². The van der Waals surface area contributed by atoms with E-state index in [9.17, 15) is 4.79 Å². The summed E-state index contributed by atoms with van der Waals surface area (Å²) in [6.07, 6.45) is 0. The highest BCUT2D eigenvalue weighted by Crippen LogP contribution is 2.37. The standard InChI is InChI=1S/C14H8Cl3N3O3S/c1-22-9-3-2-6(15)4-7(9)12(21)18-14-20-19-13(23-14)8-5-10(16)24-11(8)17/h2-5H,1H3,(H,18,20,21). The van der Waals surface area contributed by atoms with Gasteiger partial charge in [0.25, 0.3) is 11.8 Å². The first-order valence-corrected chi connectivity index (χ1v) is 8.36. The van der Waals surface area contributed by atoms with Crippen molar-refractivity contribution in [3.63, 3.8) is 0 Å². The summed E-state index contributed by atoms with van der Waals surface area (Å²) >= 11 is 19.0. The SMILES string of the molecule is COc1ccc(Cl)cc1C(=O)Nc1nnc(-c2cc(Cl)sc2Cl)o1. The molecule has 0 saturated carbocycles. The van der Waals surface area contributed by atoms with Crippen molar-refractivity contribution in [2.45, 2.75) is 0 Å². The van der Waals surface area contributed by atoms with Gasteiger partial charge >= 0.3 is 6.01 Å². The fourth-order valence-corrected chi connectivity index (χ4v) is 3.51. The lowest BCUT2D eigenvalue weighted by Crippen LogP contribution is -2.13. The molecule has 1 amide bonds. The maximum absolute atomic E-state index is 12.3. The van der Waals surface area contributed by atoms with Gasteiger partial charge in [-0.3, -0.25) is 10.1 Å². The number of amides is 1. The molecule has 0 aliphatic rings.